The van der Waals surface area contributed by atoms with E-state index in [-0.39, 0.29) is 17.6 Å². The van der Waals surface area contributed by atoms with Crippen LogP contribution in [0.5, 0.6) is 0 Å². The normalized spacial score (nSPS) is 11.3. The molecule has 2 rings (SSSR count). The monoisotopic (exact) mass is 371 g/mol. The predicted octanol–water partition coefficient (Wildman–Crippen LogP) is 2.48. The summed E-state index contributed by atoms with van der Waals surface area (Å²) in [6.07, 6.45) is 1.27. The maximum atomic E-state index is 12.1. The van der Waals surface area contributed by atoms with E-state index in [0.29, 0.717) is 18.4 Å². The molecule has 0 bridgehead atoms. The summed E-state index contributed by atoms with van der Waals surface area (Å²) in [5.74, 6) is -0.411. The molecule has 0 aromatic heterocycles. The van der Waals surface area contributed by atoms with Crippen molar-refractivity contribution in [1.29, 1.82) is 0 Å². The lowest BCUT2D eigenvalue weighted by Gasteiger charge is -2.19. The molecule has 136 valence electrons. The molecule has 3 N–H and O–H groups in total. The highest BCUT2D eigenvalue weighted by Gasteiger charge is 2.15. The van der Waals surface area contributed by atoms with Gasteiger partial charge in [0.15, 0.2) is 5.12 Å². The van der Waals surface area contributed by atoms with E-state index >= 15 is 0 Å². The third-order valence-electron chi connectivity index (χ3n) is 3.69. The maximum absolute atomic E-state index is 12.1. The molecule has 2 aromatic carbocycles. The van der Waals surface area contributed by atoms with E-state index < -0.39 is 11.9 Å². The first kappa shape index (κ1) is 19.5. The van der Waals surface area contributed by atoms with Gasteiger partial charge >= 0.3 is 6.03 Å². The Labute approximate surface area is 157 Å². The molecule has 0 saturated heterocycles. The number of thiol groups is 1. The van der Waals surface area contributed by atoms with Gasteiger partial charge in [-0.2, -0.15) is 0 Å². The lowest BCUT2D eigenvalue weighted by Crippen LogP contribution is -2.50. The summed E-state index contributed by atoms with van der Waals surface area (Å²) in [6.45, 7) is 0. The fourth-order valence-electron chi connectivity index (χ4n) is 2.42. The van der Waals surface area contributed by atoms with Crippen molar-refractivity contribution in [3.63, 3.8) is 0 Å². The van der Waals surface area contributed by atoms with E-state index in [4.69, 9.17) is 0 Å². The van der Waals surface area contributed by atoms with Crippen molar-refractivity contribution >= 4 is 29.7 Å². The Balaban J connectivity index is 1.88. The van der Waals surface area contributed by atoms with Crippen LogP contribution >= 0.6 is 12.6 Å². The van der Waals surface area contributed by atoms with E-state index in [1.54, 1.807) is 30.3 Å². The number of nitrogens with one attached hydrogen (secondary N) is 3. The van der Waals surface area contributed by atoms with Crippen LogP contribution in [0, 0.1) is 0 Å². The first-order valence-corrected chi connectivity index (χ1v) is 8.67. The number of hydrogen-bond donors (Lipinski definition) is 4. The van der Waals surface area contributed by atoms with Gasteiger partial charge in [0.25, 0.3) is 5.91 Å². The van der Waals surface area contributed by atoms with Crippen LogP contribution in [0.4, 0.5) is 4.79 Å². The first-order valence-electron chi connectivity index (χ1n) is 8.22. The fraction of sp³-hybridized carbons (Fsp3) is 0.211. The molecule has 0 fully saturated rings. The highest BCUT2D eigenvalue weighted by molar-refractivity contribution is 7.96. The van der Waals surface area contributed by atoms with Crippen molar-refractivity contribution in [3.05, 3.63) is 71.8 Å². The van der Waals surface area contributed by atoms with Crippen LogP contribution in [-0.2, 0) is 11.2 Å². The quantitative estimate of drug-likeness (QED) is 0.445. The molecule has 0 aliphatic rings. The Bertz CT molecular complexity index is 738. The molecule has 0 aliphatic heterocycles. The zero-order chi connectivity index (χ0) is 18.8. The molecule has 3 amide bonds. The Hall–Kier alpha value is -2.80. The molecular weight excluding hydrogens is 350 g/mol. The number of hydrazine groups is 1. The van der Waals surface area contributed by atoms with E-state index in [1.807, 2.05) is 30.3 Å². The molecule has 0 heterocycles. The number of rotatable bonds is 7. The smallest absolute Gasteiger partial charge is 0.333 e. The Morgan fingerprint density at radius 2 is 1.50 bits per heavy atom. The molecule has 26 heavy (non-hydrogen) atoms. The molecule has 6 nitrogen and oxygen atoms in total. The van der Waals surface area contributed by atoms with Gasteiger partial charge in [0.05, 0.1) is 0 Å². The molecule has 0 radical (unpaired) electrons. The van der Waals surface area contributed by atoms with Gasteiger partial charge in [0, 0.05) is 18.0 Å². The van der Waals surface area contributed by atoms with Gasteiger partial charge < -0.3 is 5.32 Å². The van der Waals surface area contributed by atoms with Crippen LogP contribution in [0.25, 0.3) is 0 Å². The SMILES string of the molecule is O=C(S)CC[C@@H](Cc1ccccc1)NC(=O)NNC(=O)c1ccccc1. The van der Waals surface area contributed by atoms with Gasteiger partial charge in [-0.1, -0.05) is 48.5 Å². The summed E-state index contributed by atoms with van der Waals surface area (Å²) < 4.78 is 0. The van der Waals surface area contributed by atoms with Crippen molar-refractivity contribution in [3.8, 4) is 0 Å². The van der Waals surface area contributed by atoms with Crippen LogP contribution in [0.3, 0.4) is 0 Å². The molecule has 0 aliphatic carbocycles. The van der Waals surface area contributed by atoms with Crippen molar-refractivity contribution in [1.82, 2.24) is 16.2 Å². The van der Waals surface area contributed by atoms with Gasteiger partial charge in [-0.3, -0.25) is 15.0 Å². The average Bonchev–Trinajstić information content (AvgIpc) is 2.65. The first-order chi connectivity index (χ1) is 12.5. The second kappa shape index (κ2) is 10.2. The molecular formula is C19H21N3O3S. The minimum Gasteiger partial charge on any atom is -0.334 e. The molecule has 0 spiro atoms. The summed E-state index contributed by atoms with van der Waals surface area (Å²) >= 11 is 3.77. The zero-order valence-electron chi connectivity index (χ0n) is 14.1. The van der Waals surface area contributed by atoms with Crippen molar-refractivity contribution in [2.45, 2.75) is 25.3 Å². The molecule has 7 heteroatoms. The molecule has 0 unspecified atom stereocenters. The zero-order valence-corrected chi connectivity index (χ0v) is 15.0. The number of urea groups is 1. The van der Waals surface area contributed by atoms with Crippen LogP contribution in [0.1, 0.15) is 28.8 Å². The van der Waals surface area contributed by atoms with Crippen LogP contribution < -0.4 is 16.2 Å². The topological polar surface area (TPSA) is 87.3 Å². The lowest BCUT2D eigenvalue weighted by molar-refractivity contribution is -0.111. The highest BCUT2D eigenvalue weighted by atomic mass is 32.1. The van der Waals surface area contributed by atoms with Crippen molar-refractivity contribution < 1.29 is 14.4 Å². The van der Waals surface area contributed by atoms with Crippen LogP contribution in [0.2, 0.25) is 0 Å². The van der Waals surface area contributed by atoms with Gasteiger partial charge in [0.1, 0.15) is 0 Å². The summed E-state index contributed by atoms with van der Waals surface area (Å²) in [5, 5.41) is 2.54. The van der Waals surface area contributed by atoms with Gasteiger partial charge in [-0.25, -0.2) is 10.2 Å². The van der Waals surface area contributed by atoms with Crippen molar-refractivity contribution in [2.75, 3.05) is 0 Å². The van der Waals surface area contributed by atoms with Crippen molar-refractivity contribution in [2.24, 2.45) is 0 Å². The van der Waals surface area contributed by atoms with Crippen LogP contribution in [0.15, 0.2) is 60.7 Å². The number of carbonyl (C=O) groups is 3. The minimum absolute atomic E-state index is 0.234. The van der Waals surface area contributed by atoms with E-state index in [2.05, 4.69) is 28.8 Å². The summed E-state index contributed by atoms with van der Waals surface area (Å²) in [6, 6.07) is 17.4. The standard InChI is InChI=1S/C19H21N3O3S/c23-17(26)12-11-16(13-14-7-3-1-4-8-14)20-19(25)22-21-18(24)15-9-5-2-6-10-15/h1-10,16H,11-13H2,(H,21,24)(H,23,26)(H2,20,22,25)/t16-/m0/s1. The Morgan fingerprint density at radius 1 is 0.885 bits per heavy atom. The maximum Gasteiger partial charge on any atom is 0.333 e. The third-order valence-corrected chi connectivity index (χ3v) is 3.92. The van der Waals surface area contributed by atoms with Gasteiger partial charge in [-0.05, 0) is 30.5 Å². The molecule has 0 saturated carbocycles. The molecule has 2 aromatic rings. The minimum atomic E-state index is -0.540. The summed E-state index contributed by atoms with van der Waals surface area (Å²) in [7, 11) is 0. The third kappa shape index (κ3) is 6.98. The lowest BCUT2D eigenvalue weighted by atomic mass is 10.0. The predicted molar refractivity (Wildman–Crippen MR) is 103 cm³/mol. The summed E-state index contributed by atoms with van der Waals surface area (Å²) in [5.41, 5.74) is 6.16. The van der Waals surface area contributed by atoms with E-state index in [0.717, 1.165) is 5.56 Å². The number of benzene rings is 2. The summed E-state index contributed by atoms with van der Waals surface area (Å²) in [4.78, 5) is 35.2. The van der Waals surface area contributed by atoms with E-state index in [9.17, 15) is 14.4 Å². The average molecular weight is 371 g/mol. The fourth-order valence-corrected chi connectivity index (χ4v) is 2.55. The Morgan fingerprint density at radius 3 is 2.12 bits per heavy atom. The number of hydrogen-bond acceptors (Lipinski definition) is 3. The number of amides is 3. The number of carbonyl (C=O) groups excluding carboxylic acids is 3. The second-order valence-electron chi connectivity index (χ2n) is 5.74. The second-order valence-corrected chi connectivity index (χ2v) is 6.24. The van der Waals surface area contributed by atoms with Crippen LogP contribution in [-0.4, -0.2) is 23.1 Å². The Kier molecular flexibility index (Phi) is 7.70. The van der Waals surface area contributed by atoms with Gasteiger partial charge in [0.2, 0.25) is 0 Å². The molecule has 1 atom stereocenters. The largest absolute Gasteiger partial charge is 0.334 e. The highest BCUT2D eigenvalue weighted by Crippen LogP contribution is 2.09. The van der Waals surface area contributed by atoms with E-state index in [1.165, 1.54) is 0 Å². The van der Waals surface area contributed by atoms with Gasteiger partial charge in [-0.15, -0.1) is 12.6 Å².